The first-order valence-electron chi connectivity index (χ1n) is 4.18. The van der Waals surface area contributed by atoms with Crippen LogP contribution in [-0.2, 0) is 5.41 Å². The van der Waals surface area contributed by atoms with E-state index in [4.69, 9.17) is 5.11 Å². The van der Waals surface area contributed by atoms with E-state index in [1.807, 2.05) is 0 Å². The van der Waals surface area contributed by atoms with E-state index < -0.39 is 11.2 Å². The molecule has 0 bridgehead atoms. The molecule has 0 aliphatic heterocycles. The molecule has 0 aliphatic rings. The summed E-state index contributed by atoms with van der Waals surface area (Å²) in [5.41, 5.74) is -0.273. The number of phenols is 1. The molecule has 78 valence electrons. The zero-order valence-corrected chi connectivity index (χ0v) is 9.60. The fraction of sp³-hybridized carbons (Fsp3) is 0.400. The second-order valence-electron chi connectivity index (χ2n) is 3.83. The van der Waals surface area contributed by atoms with Crippen molar-refractivity contribution in [1.29, 1.82) is 0 Å². The number of aliphatic hydroxyl groups excluding tert-OH is 1. The summed E-state index contributed by atoms with van der Waals surface area (Å²) < 4.78 is 13.8. The number of phenolic OH excluding ortho intramolecular Hbond substituents is 1. The third-order valence-corrected chi connectivity index (χ3v) is 2.80. The molecule has 0 amide bonds. The molecule has 1 aromatic carbocycles. The van der Waals surface area contributed by atoms with Gasteiger partial charge in [-0.15, -0.1) is 0 Å². The Morgan fingerprint density at radius 1 is 1.43 bits per heavy atom. The molecule has 0 saturated carbocycles. The molecule has 0 unspecified atom stereocenters. The van der Waals surface area contributed by atoms with Crippen molar-refractivity contribution < 1.29 is 14.6 Å². The Morgan fingerprint density at radius 2 is 2.00 bits per heavy atom. The zero-order valence-electron chi connectivity index (χ0n) is 8.01. The monoisotopic (exact) mass is 262 g/mol. The minimum atomic E-state index is -0.652. The summed E-state index contributed by atoms with van der Waals surface area (Å²) in [7, 11) is 0. The largest absolute Gasteiger partial charge is 0.507 e. The topological polar surface area (TPSA) is 40.5 Å². The van der Waals surface area contributed by atoms with Crippen LogP contribution in [0.1, 0.15) is 19.4 Å². The molecule has 0 aliphatic carbocycles. The van der Waals surface area contributed by atoms with Crippen molar-refractivity contribution in [1.82, 2.24) is 0 Å². The van der Waals surface area contributed by atoms with Gasteiger partial charge in [0.05, 0.1) is 11.1 Å². The summed E-state index contributed by atoms with van der Waals surface area (Å²) in [6.07, 6.45) is 0. The molecule has 1 aromatic rings. The third kappa shape index (κ3) is 2.07. The van der Waals surface area contributed by atoms with Gasteiger partial charge in [-0.3, -0.25) is 0 Å². The number of benzene rings is 1. The van der Waals surface area contributed by atoms with Crippen molar-refractivity contribution in [3.63, 3.8) is 0 Å². The minimum absolute atomic E-state index is 0.139. The van der Waals surface area contributed by atoms with E-state index in [0.29, 0.717) is 10.0 Å². The number of hydrogen-bond acceptors (Lipinski definition) is 2. The van der Waals surface area contributed by atoms with E-state index in [2.05, 4.69) is 15.9 Å². The number of halogens is 2. The number of hydrogen-bond donors (Lipinski definition) is 2. The van der Waals surface area contributed by atoms with Crippen molar-refractivity contribution in [3.05, 3.63) is 28.0 Å². The highest BCUT2D eigenvalue weighted by Crippen LogP contribution is 2.33. The van der Waals surface area contributed by atoms with Crippen LogP contribution < -0.4 is 0 Å². The molecule has 14 heavy (non-hydrogen) atoms. The standard InChI is InChI=1S/C10H12BrFO2/c1-10(2,5-13)6-3-7(11)9(14)4-8(6)12/h3-4,13-14H,5H2,1-2H3. The van der Waals surface area contributed by atoms with E-state index >= 15 is 0 Å². The predicted molar refractivity (Wildman–Crippen MR) is 55.9 cm³/mol. The van der Waals surface area contributed by atoms with Crippen LogP contribution in [0.4, 0.5) is 4.39 Å². The van der Waals surface area contributed by atoms with Gasteiger partial charge in [-0.1, -0.05) is 13.8 Å². The highest BCUT2D eigenvalue weighted by Gasteiger charge is 2.24. The molecule has 4 heteroatoms. The van der Waals surface area contributed by atoms with Crippen LogP contribution in [0.15, 0.2) is 16.6 Å². The normalized spacial score (nSPS) is 11.8. The van der Waals surface area contributed by atoms with E-state index in [1.165, 1.54) is 6.07 Å². The quantitative estimate of drug-likeness (QED) is 0.860. The smallest absolute Gasteiger partial charge is 0.132 e. The Labute approximate surface area is 90.5 Å². The van der Waals surface area contributed by atoms with Gasteiger partial charge in [-0.2, -0.15) is 0 Å². The van der Waals surface area contributed by atoms with Crippen molar-refractivity contribution >= 4 is 15.9 Å². The maximum atomic E-state index is 13.4. The molecule has 0 saturated heterocycles. The van der Waals surface area contributed by atoms with Gasteiger partial charge in [0.15, 0.2) is 0 Å². The van der Waals surface area contributed by atoms with E-state index in [-0.39, 0.29) is 12.4 Å². The molecule has 0 aromatic heterocycles. The van der Waals surface area contributed by atoms with Gasteiger partial charge < -0.3 is 10.2 Å². The van der Waals surface area contributed by atoms with Crippen LogP contribution in [0.5, 0.6) is 5.75 Å². The van der Waals surface area contributed by atoms with Gasteiger partial charge in [0.1, 0.15) is 11.6 Å². The van der Waals surface area contributed by atoms with Gasteiger partial charge in [0, 0.05) is 11.5 Å². The van der Waals surface area contributed by atoms with Crippen molar-refractivity contribution in [2.45, 2.75) is 19.3 Å². The highest BCUT2D eigenvalue weighted by molar-refractivity contribution is 9.10. The molecule has 0 spiro atoms. The molecule has 0 radical (unpaired) electrons. The Hall–Kier alpha value is -0.610. The molecule has 0 heterocycles. The second-order valence-corrected chi connectivity index (χ2v) is 4.68. The van der Waals surface area contributed by atoms with Gasteiger partial charge in [0.25, 0.3) is 0 Å². The first-order chi connectivity index (χ1) is 6.38. The maximum absolute atomic E-state index is 13.4. The summed E-state index contributed by atoms with van der Waals surface area (Å²) in [6.45, 7) is 3.31. The minimum Gasteiger partial charge on any atom is -0.507 e. The average Bonchev–Trinajstić information content (AvgIpc) is 2.11. The van der Waals surface area contributed by atoms with Crippen LogP contribution in [0.2, 0.25) is 0 Å². The van der Waals surface area contributed by atoms with Gasteiger partial charge >= 0.3 is 0 Å². The molecule has 2 nitrogen and oxygen atoms in total. The fourth-order valence-corrected chi connectivity index (χ4v) is 1.48. The third-order valence-electron chi connectivity index (χ3n) is 2.16. The Balaban J connectivity index is 3.29. The summed E-state index contributed by atoms with van der Waals surface area (Å²) in [5.74, 6) is -0.648. The Bertz CT molecular complexity index is 350. The summed E-state index contributed by atoms with van der Waals surface area (Å²) >= 11 is 3.10. The van der Waals surface area contributed by atoms with Crippen LogP contribution in [0.3, 0.4) is 0 Å². The number of aliphatic hydroxyl groups is 1. The van der Waals surface area contributed by atoms with Crippen LogP contribution in [0, 0.1) is 5.82 Å². The van der Waals surface area contributed by atoms with E-state index in [9.17, 15) is 9.50 Å². The second kappa shape index (κ2) is 3.87. The Kier molecular flexibility index (Phi) is 3.17. The van der Waals surface area contributed by atoms with E-state index in [1.54, 1.807) is 13.8 Å². The molecule has 2 N–H and O–H groups in total. The van der Waals surface area contributed by atoms with Gasteiger partial charge in [-0.25, -0.2) is 4.39 Å². The van der Waals surface area contributed by atoms with Crippen molar-refractivity contribution in [2.24, 2.45) is 0 Å². The lowest BCUT2D eigenvalue weighted by Gasteiger charge is -2.23. The zero-order chi connectivity index (χ0) is 10.9. The average molecular weight is 263 g/mol. The van der Waals surface area contributed by atoms with Crippen molar-refractivity contribution in [3.8, 4) is 5.75 Å². The molecule has 1 rings (SSSR count). The van der Waals surface area contributed by atoms with Crippen LogP contribution in [0.25, 0.3) is 0 Å². The SMILES string of the molecule is CC(C)(CO)c1cc(Br)c(O)cc1F. The lowest BCUT2D eigenvalue weighted by molar-refractivity contribution is 0.214. The van der Waals surface area contributed by atoms with E-state index in [0.717, 1.165) is 6.07 Å². The Morgan fingerprint density at radius 3 is 2.50 bits per heavy atom. The van der Waals surface area contributed by atoms with Crippen molar-refractivity contribution in [2.75, 3.05) is 6.61 Å². The highest BCUT2D eigenvalue weighted by atomic mass is 79.9. The summed E-state index contributed by atoms with van der Waals surface area (Å²) in [4.78, 5) is 0. The number of rotatable bonds is 2. The molecular weight excluding hydrogens is 251 g/mol. The van der Waals surface area contributed by atoms with Crippen LogP contribution >= 0.6 is 15.9 Å². The summed E-state index contributed by atoms with van der Waals surface area (Å²) in [6, 6.07) is 2.53. The lowest BCUT2D eigenvalue weighted by Crippen LogP contribution is -2.23. The first-order valence-corrected chi connectivity index (χ1v) is 4.97. The maximum Gasteiger partial charge on any atom is 0.132 e. The molecule has 0 fully saturated rings. The molecule has 0 atom stereocenters. The first kappa shape index (κ1) is 11.5. The van der Waals surface area contributed by atoms with Gasteiger partial charge in [-0.05, 0) is 27.6 Å². The molecular formula is C10H12BrFO2. The fourth-order valence-electron chi connectivity index (χ4n) is 1.14. The van der Waals surface area contributed by atoms with Crippen LogP contribution in [-0.4, -0.2) is 16.8 Å². The lowest BCUT2D eigenvalue weighted by atomic mass is 9.85. The van der Waals surface area contributed by atoms with Gasteiger partial charge in [0.2, 0.25) is 0 Å². The summed E-state index contributed by atoms with van der Waals surface area (Å²) in [5, 5.41) is 18.3. The number of aromatic hydroxyl groups is 1. The predicted octanol–water partition coefficient (Wildman–Crippen LogP) is 2.56.